The van der Waals surface area contributed by atoms with E-state index in [9.17, 15) is 13.7 Å². The van der Waals surface area contributed by atoms with Crippen molar-refractivity contribution in [2.24, 2.45) is 0 Å². The number of hydrogen-bond donors (Lipinski definition) is 5. The Hall–Kier alpha value is 0.330. The Morgan fingerprint density at radius 3 is 1.85 bits per heavy atom. The molecule has 0 aliphatic rings. The van der Waals surface area contributed by atoms with E-state index in [2.05, 4.69) is 17.9 Å². The molecular weight excluding hydrogens is 345 g/mol. The summed E-state index contributed by atoms with van der Waals surface area (Å²) in [5, 5.41) is 9.15. The molecule has 0 saturated carbocycles. The van der Waals surface area contributed by atoms with Crippen LogP contribution in [0, 0.1) is 0 Å². The second-order valence-corrected chi connectivity index (χ2v) is 7.82. The van der Waals surface area contributed by atoms with Gasteiger partial charge in [0.1, 0.15) is 6.10 Å². The molecule has 0 aromatic heterocycles. The molecule has 5 N–H and O–H groups in total. The van der Waals surface area contributed by atoms with Gasteiger partial charge in [-0.25, -0.2) is 13.7 Å². The van der Waals surface area contributed by atoms with Crippen LogP contribution in [-0.2, 0) is 31.6 Å². The molecule has 12 nitrogen and oxygen atoms in total. The Morgan fingerprint density at radius 2 is 1.50 bits per heavy atom. The number of rotatable bonds is 9. The topological polar surface area (TPSA) is 189 Å². The minimum absolute atomic E-state index is 0.697. The molecule has 0 aromatic carbocycles. The molecule has 0 radical (unpaired) electrons. The van der Waals surface area contributed by atoms with Crippen LogP contribution >= 0.6 is 23.5 Å². The van der Waals surface area contributed by atoms with Crippen molar-refractivity contribution >= 4 is 23.5 Å². The van der Waals surface area contributed by atoms with Crippen LogP contribution < -0.4 is 0 Å². The first-order valence-electron chi connectivity index (χ1n) is 4.77. The fraction of sp³-hybridized carbons (Fsp3) is 1.00. The molecule has 0 heterocycles. The monoisotopic (exact) mass is 360 g/mol. The molecule has 0 aliphatic carbocycles. The minimum atomic E-state index is -5.53. The van der Waals surface area contributed by atoms with Crippen molar-refractivity contribution in [2.75, 3.05) is 13.7 Å². The molecule has 4 atom stereocenters. The van der Waals surface area contributed by atoms with Crippen molar-refractivity contribution in [1.29, 1.82) is 0 Å². The summed E-state index contributed by atoms with van der Waals surface area (Å²) in [5.74, 6) is 0. The molecule has 2 unspecified atom stereocenters. The molecule has 122 valence electrons. The van der Waals surface area contributed by atoms with Crippen molar-refractivity contribution in [1.82, 2.24) is 0 Å². The number of aliphatic hydroxyl groups is 1. The van der Waals surface area contributed by atoms with Gasteiger partial charge in [0.2, 0.25) is 0 Å². The van der Waals surface area contributed by atoms with Crippen LogP contribution in [0.5, 0.6) is 0 Å². The zero-order valence-electron chi connectivity index (χ0n) is 10.3. The van der Waals surface area contributed by atoms with Crippen LogP contribution in [0.2, 0.25) is 0 Å². The third kappa shape index (κ3) is 9.30. The van der Waals surface area contributed by atoms with Crippen LogP contribution in [0.1, 0.15) is 6.92 Å². The highest BCUT2D eigenvalue weighted by atomic mass is 31.3. The third-order valence-electron chi connectivity index (χ3n) is 1.66. The summed E-state index contributed by atoms with van der Waals surface area (Å²) >= 11 is 0. The maximum atomic E-state index is 11.3. The van der Waals surface area contributed by atoms with E-state index in [4.69, 9.17) is 24.7 Å². The molecule has 20 heavy (non-hydrogen) atoms. The lowest BCUT2D eigenvalue weighted by Crippen LogP contribution is -2.29. The standard InChI is InChI=1S/C5H15O12P3/c1-4(6)5(14-2)3-15-19(10,11)17-20(12,13)16-18(7,8)9/h4-6H,3H2,1-2H3,(H,10,11)(H,12,13)(H2,7,8,9)/t4-,5+/m0/s1. The molecule has 0 amide bonds. The van der Waals surface area contributed by atoms with E-state index in [1.54, 1.807) is 0 Å². The lowest BCUT2D eigenvalue weighted by Gasteiger charge is -2.20. The van der Waals surface area contributed by atoms with Gasteiger partial charge in [0.25, 0.3) is 0 Å². The van der Waals surface area contributed by atoms with Gasteiger partial charge < -0.3 is 29.4 Å². The summed E-state index contributed by atoms with van der Waals surface area (Å²) in [6.45, 7) is 0.590. The van der Waals surface area contributed by atoms with E-state index in [0.29, 0.717) is 0 Å². The Morgan fingerprint density at radius 1 is 1.00 bits per heavy atom. The summed E-state index contributed by atoms with van der Waals surface area (Å²) in [6, 6.07) is 0. The zero-order chi connectivity index (χ0) is 16.2. The number of methoxy groups -OCH3 is 1. The summed E-state index contributed by atoms with van der Waals surface area (Å²) < 4.78 is 48.4. The van der Waals surface area contributed by atoms with Gasteiger partial charge in [0, 0.05) is 7.11 Å². The Balaban J connectivity index is 4.63. The SMILES string of the molecule is CO[C@H](COP(=O)(O)OP(=O)(O)OP(=O)(O)O)[C@H](C)O. The largest absolute Gasteiger partial charge is 0.490 e. The summed E-state index contributed by atoms with van der Waals surface area (Å²) in [7, 11) is -15.0. The summed E-state index contributed by atoms with van der Waals surface area (Å²) in [4.78, 5) is 34.5. The Bertz CT molecular complexity index is 440. The maximum absolute atomic E-state index is 11.3. The highest BCUT2D eigenvalue weighted by molar-refractivity contribution is 7.66. The van der Waals surface area contributed by atoms with Gasteiger partial charge >= 0.3 is 23.5 Å². The Labute approximate surface area is 113 Å². The summed E-state index contributed by atoms with van der Waals surface area (Å²) in [5.41, 5.74) is 0. The fourth-order valence-corrected chi connectivity index (χ4v) is 3.91. The van der Waals surface area contributed by atoms with Crippen LogP contribution in [0.3, 0.4) is 0 Å². The van der Waals surface area contributed by atoms with Gasteiger partial charge in [-0.3, -0.25) is 4.52 Å². The van der Waals surface area contributed by atoms with Gasteiger partial charge in [0.15, 0.2) is 0 Å². The lowest BCUT2D eigenvalue weighted by atomic mass is 10.2. The van der Waals surface area contributed by atoms with E-state index < -0.39 is 42.3 Å². The first-order chi connectivity index (χ1) is 8.78. The fourth-order valence-electron chi connectivity index (χ4n) is 0.875. The molecule has 0 aromatic rings. The van der Waals surface area contributed by atoms with Crippen LogP contribution in [0.25, 0.3) is 0 Å². The number of phosphoric acid groups is 3. The van der Waals surface area contributed by atoms with Crippen molar-refractivity contribution in [3.8, 4) is 0 Å². The normalized spacial score (nSPS) is 21.8. The highest BCUT2D eigenvalue weighted by Crippen LogP contribution is 2.66. The van der Waals surface area contributed by atoms with Crippen LogP contribution in [-0.4, -0.2) is 50.6 Å². The number of aliphatic hydroxyl groups excluding tert-OH is 1. The van der Waals surface area contributed by atoms with E-state index in [1.807, 2.05) is 0 Å². The minimum Gasteiger partial charge on any atom is -0.391 e. The molecule has 0 spiro atoms. The number of hydrogen-bond acceptors (Lipinski definition) is 8. The van der Waals surface area contributed by atoms with Gasteiger partial charge in [-0.15, -0.1) is 0 Å². The third-order valence-corrected chi connectivity index (χ3v) is 5.46. The molecule has 0 bridgehead atoms. The van der Waals surface area contributed by atoms with Gasteiger partial charge in [-0.2, -0.15) is 8.62 Å². The van der Waals surface area contributed by atoms with Crippen molar-refractivity contribution in [2.45, 2.75) is 19.1 Å². The average Bonchev–Trinajstić information content (AvgIpc) is 2.11. The second-order valence-electron chi connectivity index (χ2n) is 3.40. The predicted octanol–water partition coefficient (Wildman–Crippen LogP) is -0.275. The predicted molar refractivity (Wildman–Crippen MR) is 62.3 cm³/mol. The van der Waals surface area contributed by atoms with E-state index in [1.165, 1.54) is 6.92 Å². The molecule has 15 heteroatoms. The van der Waals surface area contributed by atoms with Crippen molar-refractivity contribution < 1.29 is 56.3 Å². The van der Waals surface area contributed by atoms with E-state index in [-0.39, 0.29) is 0 Å². The molecule has 0 saturated heterocycles. The lowest BCUT2D eigenvalue weighted by molar-refractivity contribution is -0.0318. The number of phosphoric ester groups is 1. The molecule has 0 fully saturated rings. The highest BCUT2D eigenvalue weighted by Gasteiger charge is 2.41. The molecule has 0 rings (SSSR count). The zero-order valence-corrected chi connectivity index (χ0v) is 13.0. The Kier molecular flexibility index (Phi) is 7.67. The smallest absolute Gasteiger partial charge is 0.391 e. The average molecular weight is 360 g/mol. The second kappa shape index (κ2) is 7.55. The van der Waals surface area contributed by atoms with Gasteiger partial charge in [-0.05, 0) is 6.92 Å². The van der Waals surface area contributed by atoms with Crippen molar-refractivity contribution in [3.05, 3.63) is 0 Å². The maximum Gasteiger partial charge on any atom is 0.490 e. The molecular formula is C5H15O12P3. The van der Waals surface area contributed by atoms with Crippen molar-refractivity contribution in [3.63, 3.8) is 0 Å². The van der Waals surface area contributed by atoms with E-state index in [0.717, 1.165) is 7.11 Å². The molecule has 0 aliphatic heterocycles. The van der Waals surface area contributed by atoms with E-state index >= 15 is 0 Å². The van der Waals surface area contributed by atoms with Crippen LogP contribution in [0.15, 0.2) is 0 Å². The van der Waals surface area contributed by atoms with Crippen LogP contribution in [0.4, 0.5) is 0 Å². The van der Waals surface area contributed by atoms with Gasteiger partial charge in [0.05, 0.1) is 12.7 Å². The van der Waals surface area contributed by atoms with Gasteiger partial charge in [-0.1, -0.05) is 0 Å². The first kappa shape index (κ1) is 20.3. The number of ether oxygens (including phenoxy) is 1. The first-order valence-corrected chi connectivity index (χ1v) is 9.29. The quantitative estimate of drug-likeness (QED) is 0.339. The summed E-state index contributed by atoms with van der Waals surface area (Å²) in [6.07, 6.45) is -2.13.